The second-order valence-electron chi connectivity index (χ2n) is 5.28. The average Bonchev–Trinajstić information content (AvgIpc) is 2.56. The third kappa shape index (κ3) is 5.27. The lowest BCUT2D eigenvalue weighted by molar-refractivity contribution is -0.137. The van der Waals surface area contributed by atoms with E-state index in [4.69, 9.17) is 9.84 Å². The van der Waals surface area contributed by atoms with Crippen LogP contribution in [0.4, 0.5) is 0 Å². The number of phenols is 1. The van der Waals surface area contributed by atoms with Crippen molar-refractivity contribution in [2.75, 3.05) is 6.61 Å². The van der Waals surface area contributed by atoms with Gasteiger partial charge in [0.2, 0.25) is 0 Å². The molecule has 0 fully saturated rings. The van der Waals surface area contributed by atoms with Crippen molar-refractivity contribution in [3.8, 4) is 5.75 Å². The Balaban J connectivity index is 1.83. The second kappa shape index (κ2) is 8.15. The molecule has 2 aromatic carbocycles. The van der Waals surface area contributed by atoms with E-state index in [9.17, 15) is 9.90 Å². The van der Waals surface area contributed by atoms with Gasteiger partial charge in [-0.1, -0.05) is 35.9 Å². The first-order valence-corrected chi connectivity index (χ1v) is 7.41. The molecule has 4 heteroatoms. The van der Waals surface area contributed by atoms with Gasteiger partial charge in [-0.2, -0.15) is 0 Å². The molecule has 4 nitrogen and oxygen atoms in total. The maximum absolute atomic E-state index is 11.7. The van der Waals surface area contributed by atoms with Crippen LogP contribution in [0.5, 0.6) is 5.75 Å². The molecule has 2 N–H and O–H groups in total. The minimum Gasteiger partial charge on any atom is -0.508 e. The lowest BCUT2D eigenvalue weighted by Crippen LogP contribution is -2.04. The van der Waals surface area contributed by atoms with E-state index in [1.165, 1.54) is 17.7 Å². The summed E-state index contributed by atoms with van der Waals surface area (Å²) in [6.45, 7) is 2.10. The third-order valence-corrected chi connectivity index (χ3v) is 3.44. The topological polar surface area (TPSA) is 66.8 Å². The molecule has 0 spiro atoms. The van der Waals surface area contributed by atoms with Crippen LogP contribution in [0.3, 0.4) is 0 Å². The van der Waals surface area contributed by atoms with Crippen LogP contribution in [0.15, 0.2) is 48.5 Å². The lowest BCUT2D eigenvalue weighted by atomic mass is 10.1. The number of esters is 1. The molecule has 0 saturated heterocycles. The number of carbonyl (C=O) groups is 1. The standard InChI is InChI=1S/C19H20O4/c1-14-2-4-15(5-3-14)10-11-23-19(22)9-7-16-6-8-18(21)17(12-16)13-20/h2-9,12,20-21H,10-11,13H2,1H3/b9-7+. The van der Waals surface area contributed by atoms with Gasteiger partial charge in [0.15, 0.2) is 0 Å². The van der Waals surface area contributed by atoms with E-state index in [2.05, 4.69) is 0 Å². The lowest BCUT2D eigenvalue weighted by Gasteiger charge is -2.04. The SMILES string of the molecule is Cc1ccc(CCOC(=O)/C=C/c2ccc(O)c(CO)c2)cc1. The predicted octanol–water partition coefficient (Wildman–Crippen LogP) is 2.99. The van der Waals surface area contributed by atoms with Crippen molar-refractivity contribution in [3.63, 3.8) is 0 Å². The van der Waals surface area contributed by atoms with E-state index in [0.29, 0.717) is 24.2 Å². The fourth-order valence-electron chi connectivity index (χ4n) is 2.07. The number of aryl methyl sites for hydroxylation is 1. The fraction of sp³-hybridized carbons (Fsp3) is 0.211. The summed E-state index contributed by atoms with van der Waals surface area (Å²) in [5, 5.41) is 18.6. The molecule has 120 valence electrons. The van der Waals surface area contributed by atoms with Crippen LogP contribution >= 0.6 is 0 Å². The van der Waals surface area contributed by atoms with E-state index in [1.807, 2.05) is 31.2 Å². The third-order valence-electron chi connectivity index (χ3n) is 3.44. The number of hydrogen-bond acceptors (Lipinski definition) is 4. The highest BCUT2D eigenvalue weighted by Crippen LogP contribution is 2.19. The molecule has 0 bridgehead atoms. The summed E-state index contributed by atoms with van der Waals surface area (Å²) >= 11 is 0. The summed E-state index contributed by atoms with van der Waals surface area (Å²) in [5.41, 5.74) is 3.45. The predicted molar refractivity (Wildman–Crippen MR) is 88.9 cm³/mol. The normalized spacial score (nSPS) is 10.9. The summed E-state index contributed by atoms with van der Waals surface area (Å²) in [7, 11) is 0. The summed E-state index contributed by atoms with van der Waals surface area (Å²) < 4.78 is 5.15. The molecule has 23 heavy (non-hydrogen) atoms. The Morgan fingerprint density at radius 3 is 2.61 bits per heavy atom. The van der Waals surface area contributed by atoms with Crippen LogP contribution in [0, 0.1) is 6.92 Å². The molecular weight excluding hydrogens is 292 g/mol. The number of ether oxygens (including phenoxy) is 1. The van der Waals surface area contributed by atoms with Crippen molar-refractivity contribution in [1.82, 2.24) is 0 Å². The Kier molecular flexibility index (Phi) is 5.94. The van der Waals surface area contributed by atoms with Gasteiger partial charge in [0.25, 0.3) is 0 Å². The van der Waals surface area contributed by atoms with Crippen molar-refractivity contribution >= 4 is 12.0 Å². The number of rotatable bonds is 6. The first-order chi connectivity index (χ1) is 11.1. The monoisotopic (exact) mass is 312 g/mol. The zero-order valence-electron chi connectivity index (χ0n) is 13.0. The molecule has 0 aliphatic heterocycles. The molecule has 0 aliphatic carbocycles. The van der Waals surface area contributed by atoms with Crippen LogP contribution in [0.25, 0.3) is 6.08 Å². The molecular formula is C19H20O4. The molecule has 0 amide bonds. The van der Waals surface area contributed by atoms with Crippen molar-refractivity contribution < 1.29 is 19.7 Å². The quantitative estimate of drug-likeness (QED) is 0.635. The fourth-order valence-corrected chi connectivity index (χ4v) is 2.07. The van der Waals surface area contributed by atoms with Gasteiger partial charge in [0, 0.05) is 18.1 Å². The van der Waals surface area contributed by atoms with Gasteiger partial charge >= 0.3 is 5.97 Å². The van der Waals surface area contributed by atoms with Crippen LogP contribution in [-0.2, 0) is 22.6 Å². The molecule has 2 rings (SSSR count). The second-order valence-corrected chi connectivity index (χ2v) is 5.28. The van der Waals surface area contributed by atoms with Crippen LogP contribution in [-0.4, -0.2) is 22.8 Å². The number of aliphatic hydroxyl groups is 1. The van der Waals surface area contributed by atoms with E-state index >= 15 is 0 Å². The van der Waals surface area contributed by atoms with Gasteiger partial charge in [0.05, 0.1) is 13.2 Å². The van der Waals surface area contributed by atoms with Crippen molar-refractivity contribution in [2.24, 2.45) is 0 Å². The summed E-state index contributed by atoms with van der Waals surface area (Å²) in [4.78, 5) is 11.7. The molecule has 0 saturated carbocycles. The van der Waals surface area contributed by atoms with Gasteiger partial charge in [-0.15, -0.1) is 0 Å². The number of carbonyl (C=O) groups excluding carboxylic acids is 1. The summed E-state index contributed by atoms with van der Waals surface area (Å²) in [5.74, 6) is -0.388. The van der Waals surface area contributed by atoms with E-state index in [0.717, 1.165) is 5.56 Å². The van der Waals surface area contributed by atoms with Gasteiger partial charge in [-0.05, 0) is 36.3 Å². The largest absolute Gasteiger partial charge is 0.508 e. The first-order valence-electron chi connectivity index (χ1n) is 7.41. The Bertz CT molecular complexity index is 687. The minimum absolute atomic E-state index is 0.0327. The van der Waals surface area contributed by atoms with Gasteiger partial charge in [-0.3, -0.25) is 0 Å². The molecule has 0 radical (unpaired) electrons. The van der Waals surface area contributed by atoms with E-state index in [-0.39, 0.29) is 12.4 Å². The smallest absolute Gasteiger partial charge is 0.330 e. The van der Waals surface area contributed by atoms with E-state index in [1.54, 1.807) is 18.2 Å². The Morgan fingerprint density at radius 2 is 1.91 bits per heavy atom. The Hall–Kier alpha value is -2.59. The minimum atomic E-state index is -0.421. The maximum Gasteiger partial charge on any atom is 0.330 e. The van der Waals surface area contributed by atoms with Crippen molar-refractivity contribution in [3.05, 3.63) is 70.8 Å². The zero-order chi connectivity index (χ0) is 16.7. The number of hydrogen-bond donors (Lipinski definition) is 2. The zero-order valence-corrected chi connectivity index (χ0v) is 13.0. The number of aliphatic hydroxyl groups excluding tert-OH is 1. The molecule has 0 atom stereocenters. The van der Waals surface area contributed by atoms with Gasteiger partial charge < -0.3 is 14.9 Å². The van der Waals surface area contributed by atoms with Crippen molar-refractivity contribution in [1.29, 1.82) is 0 Å². The summed E-state index contributed by atoms with van der Waals surface area (Å²) in [6.07, 6.45) is 3.60. The Labute approximate surface area is 135 Å². The molecule has 2 aromatic rings. The first kappa shape index (κ1) is 16.8. The highest BCUT2D eigenvalue weighted by Gasteiger charge is 2.01. The highest BCUT2D eigenvalue weighted by molar-refractivity contribution is 5.87. The maximum atomic E-state index is 11.7. The van der Waals surface area contributed by atoms with E-state index < -0.39 is 5.97 Å². The number of benzene rings is 2. The Morgan fingerprint density at radius 1 is 1.17 bits per heavy atom. The van der Waals surface area contributed by atoms with Crippen LogP contribution < -0.4 is 0 Å². The summed E-state index contributed by atoms with van der Waals surface area (Å²) in [6, 6.07) is 12.9. The number of aromatic hydroxyl groups is 1. The average molecular weight is 312 g/mol. The van der Waals surface area contributed by atoms with Crippen LogP contribution in [0.2, 0.25) is 0 Å². The molecule has 0 heterocycles. The molecule has 0 unspecified atom stereocenters. The highest BCUT2D eigenvalue weighted by atomic mass is 16.5. The molecule has 0 aliphatic rings. The van der Waals surface area contributed by atoms with Crippen molar-refractivity contribution in [2.45, 2.75) is 20.0 Å². The van der Waals surface area contributed by atoms with Gasteiger partial charge in [-0.25, -0.2) is 4.79 Å². The van der Waals surface area contributed by atoms with Crippen LogP contribution in [0.1, 0.15) is 22.3 Å². The molecule has 0 aromatic heterocycles. The van der Waals surface area contributed by atoms with Gasteiger partial charge in [0.1, 0.15) is 5.75 Å².